The maximum Gasteiger partial charge on any atom is 0.230 e. The number of rotatable bonds is 6. The van der Waals surface area contributed by atoms with Crippen LogP contribution in [0.4, 0.5) is 5.69 Å². The summed E-state index contributed by atoms with van der Waals surface area (Å²) in [5, 5.41) is 17.2. The number of ether oxygens (including phenoxy) is 1. The summed E-state index contributed by atoms with van der Waals surface area (Å²) in [6.45, 7) is 2.58. The minimum atomic E-state index is -0.149. The Morgan fingerprint density at radius 1 is 1.07 bits per heavy atom. The number of phenolic OH excluding ortho intramolecular Hbond substituents is 1. The fraction of sp³-hybridized carbons (Fsp3) is 0.130. The molecule has 0 bridgehead atoms. The molecule has 0 spiro atoms. The SMILES string of the molecule is CCOc1ccc(-c2nc(CC(=O)Nc3ccc(O)c4ccccc34)cs2)cc1. The molecule has 6 heteroatoms. The second-order valence-electron chi connectivity index (χ2n) is 6.50. The van der Waals surface area contributed by atoms with Crippen molar-refractivity contribution >= 4 is 33.7 Å². The fourth-order valence-corrected chi connectivity index (χ4v) is 3.96. The number of hydrogen-bond acceptors (Lipinski definition) is 5. The highest BCUT2D eigenvalue weighted by molar-refractivity contribution is 7.13. The predicted molar refractivity (Wildman–Crippen MR) is 117 cm³/mol. The summed E-state index contributed by atoms with van der Waals surface area (Å²) in [7, 11) is 0. The Kier molecular flexibility index (Phi) is 5.44. The van der Waals surface area contributed by atoms with Gasteiger partial charge in [0.05, 0.1) is 18.7 Å². The summed E-state index contributed by atoms with van der Waals surface area (Å²) in [6.07, 6.45) is 0.183. The van der Waals surface area contributed by atoms with Crippen molar-refractivity contribution in [3.63, 3.8) is 0 Å². The molecule has 0 aliphatic heterocycles. The Labute approximate surface area is 172 Å². The molecule has 4 rings (SSSR count). The molecule has 1 aromatic heterocycles. The molecular weight excluding hydrogens is 384 g/mol. The Balaban J connectivity index is 1.47. The highest BCUT2D eigenvalue weighted by atomic mass is 32.1. The van der Waals surface area contributed by atoms with Crippen molar-refractivity contribution in [1.29, 1.82) is 0 Å². The highest BCUT2D eigenvalue weighted by Crippen LogP contribution is 2.31. The number of fused-ring (bicyclic) bond motifs is 1. The van der Waals surface area contributed by atoms with E-state index in [0.717, 1.165) is 27.4 Å². The Hall–Kier alpha value is -3.38. The molecule has 0 saturated heterocycles. The molecule has 5 nitrogen and oxygen atoms in total. The number of benzene rings is 3. The van der Waals surface area contributed by atoms with Crippen LogP contribution < -0.4 is 10.1 Å². The average molecular weight is 404 g/mol. The molecule has 0 aliphatic rings. The molecule has 1 heterocycles. The van der Waals surface area contributed by atoms with Crippen LogP contribution in [0.5, 0.6) is 11.5 Å². The van der Waals surface area contributed by atoms with Gasteiger partial charge in [-0.1, -0.05) is 24.3 Å². The summed E-state index contributed by atoms with van der Waals surface area (Å²) in [6, 6.07) is 18.5. The molecule has 1 amide bonds. The Bertz CT molecular complexity index is 1150. The smallest absolute Gasteiger partial charge is 0.230 e. The van der Waals surface area contributed by atoms with E-state index in [0.29, 0.717) is 17.7 Å². The molecule has 3 aromatic carbocycles. The minimum absolute atomic E-state index is 0.149. The van der Waals surface area contributed by atoms with Gasteiger partial charge in [0.1, 0.15) is 16.5 Å². The van der Waals surface area contributed by atoms with E-state index in [9.17, 15) is 9.90 Å². The Morgan fingerprint density at radius 3 is 2.59 bits per heavy atom. The van der Waals surface area contributed by atoms with Crippen LogP contribution in [0.1, 0.15) is 12.6 Å². The number of amides is 1. The lowest BCUT2D eigenvalue weighted by molar-refractivity contribution is -0.115. The molecule has 4 aromatic rings. The number of hydrogen-bond donors (Lipinski definition) is 2. The van der Waals surface area contributed by atoms with Gasteiger partial charge in [-0.2, -0.15) is 0 Å². The standard InChI is InChI=1S/C23H20N2O3S/c1-2-28-17-9-7-15(8-10-17)23-24-16(14-29-23)13-22(27)25-20-11-12-21(26)19-6-4-3-5-18(19)20/h3-12,14,26H,2,13H2,1H3,(H,25,27). The van der Waals surface area contributed by atoms with Gasteiger partial charge in [-0.15, -0.1) is 11.3 Å². The monoisotopic (exact) mass is 404 g/mol. The van der Waals surface area contributed by atoms with E-state index in [1.165, 1.54) is 11.3 Å². The predicted octanol–water partition coefficient (Wildman–Crippen LogP) is 5.25. The molecule has 0 radical (unpaired) electrons. The zero-order valence-corrected chi connectivity index (χ0v) is 16.7. The maximum atomic E-state index is 12.5. The largest absolute Gasteiger partial charge is 0.507 e. The second-order valence-corrected chi connectivity index (χ2v) is 7.36. The molecular formula is C23H20N2O3S. The Morgan fingerprint density at radius 2 is 1.83 bits per heavy atom. The van der Waals surface area contributed by atoms with Crippen LogP contribution in [0.2, 0.25) is 0 Å². The van der Waals surface area contributed by atoms with Crippen LogP contribution in [-0.2, 0) is 11.2 Å². The molecule has 0 unspecified atom stereocenters. The lowest BCUT2D eigenvalue weighted by atomic mass is 10.1. The van der Waals surface area contributed by atoms with Crippen molar-refractivity contribution in [2.75, 3.05) is 11.9 Å². The number of phenols is 1. The summed E-state index contributed by atoms with van der Waals surface area (Å²) < 4.78 is 5.46. The maximum absolute atomic E-state index is 12.5. The second kappa shape index (κ2) is 8.32. The zero-order valence-electron chi connectivity index (χ0n) is 15.9. The lowest BCUT2D eigenvalue weighted by Crippen LogP contribution is -2.14. The van der Waals surface area contributed by atoms with Gasteiger partial charge in [0, 0.05) is 27.4 Å². The highest BCUT2D eigenvalue weighted by Gasteiger charge is 2.12. The van der Waals surface area contributed by atoms with Gasteiger partial charge in [-0.25, -0.2) is 4.98 Å². The van der Waals surface area contributed by atoms with Crippen molar-refractivity contribution in [2.24, 2.45) is 0 Å². The number of anilines is 1. The first-order valence-electron chi connectivity index (χ1n) is 9.32. The van der Waals surface area contributed by atoms with Crippen LogP contribution >= 0.6 is 11.3 Å². The third kappa shape index (κ3) is 4.22. The number of thiazole rings is 1. The van der Waals surface area contributed by atoms with Gasteiger partial charge in [-0.05, 0) is 43.3 Å². The topological polar surface area (TPSA) is 71.5 Å². The molecule has 0 aliphatic carbocycles. The number of aromatic hydroxyl groups is 1. The molecule has 2 N–H and O–H groups in total. The van der Waals surface area contributed by atoms with Gasteiger partial charge in [0.15, 0.2) is 0 Å². The molecule has 29 heavy (non-hydrogen) atoms. The molecule has 0 fully saturated rings. The molecule has 146 valence electrons. The van der Waals surface area contributed by atoms with Gasteiger partial charge >= 0.3 is 0 Å². The van der Waals surface area contributed by atoms with E-state index >= 15 is 0 Å². The van der Waals surface area contributed by atoms with E-state index in [2.05, 4.69) is 10.3 Å². The average Bonchev–Trinajstić information content (AvgIpc) is 3.19. The van der Waals surface area contributed by atoms with Gasteiger partial charge in [0.2, 0.25) is 5.91 Å². The first kappa shape index (κ1) is 19.0. The third-order valence-corrected chi connectivity index (χ3v) is 5.42. The van der Waals surface area contributed by atoms with Gasteiger partial charge in [-0.3, -0.25) is 4.79 Å². The van der Waals surface area contributed by atoms with E-state index in [1.54, 1.807) is 12.1 Å². The third-order valence-electron chi connectivity index (χ3n) is 4.48. The summed E-state index contributed by atoms with van der Waals surface area (Å²) >= 11 is 1.51. The molecule has 0 saturated carbocycles. The summed E-state index contributed by atoms with van der Waals surface area (Å²) in [5.41, 5.74) is 2.39. The fourth-order valence-electron chi connectivity index (χ4n) is 3.13. The van der Waals surface area contributed by atoms with Crippen LogP contribution in [0, 0.1) is 0 Å². The van der Waals surface area contributed by atoms with E-state index < -0.39 is 0 Å². The van der Waals surface area contributed by atoms with Crippen molar-refractivity contribution in [3.8, 4) is 22.1 Å². The number of carbonyl (C=O) groups excluding carboxylic acids is 1. The van der Waals surface area contributed by atoms with Crippen molar-refractivity contribution in [2.45, 2.75) is 13.3 Å². The number of aromatic nitrogens is 1. The van der Waals surface area contributed by atoms with Crippen molar-refractivity contribution in [3.05, 3.63) is 71.7 Å². The van der Waals surface area contributed by atoms with Crippen LogP contribution in [0.25, 0.3) is 21.3 Å². The number of nitrogens with one attached hydrogen (secondary N) is 1. The van der Waals surface area contributed by atoms with Crippen LogP contribution in [0.3, 0.4) is 0 Å². The number of carbonyl (C=O) groups is 1. The summed E-state index contributed by atoms with van der Waals surface area (Å²) in [4.78, 5) is 17.1. The quantitative estimate of drug-likeness (QED) is 0.431. The first-order valence-corrected chi connectivity index (χ1v) is 10.2. The van der Waals surface area contributed by atoms with Gasteiger partial charge in [0.25, 0.3) is 0 Å². The number of nitrogens with zero attached hydrogens (tertiary/aromatic N) is 1. The zero-order chi connectivity index (χ0) is 20.2. The van der Waals surface area contributed by atoms with Gasteiger partial charge < -0.3 is 15.2 Å². The lowest BCUT2D eigenvalue weighted by Gasteiger charge is -2.09. The van der Waals surface area contributed by atoms with Crippen LogP contribution in [-0.4, -0.2) is 22.6 Å². The molecule has 0 atom stereocenters. The van der Waals surface area contributed by atoms with E-state index in [1.807, 2.05) is 60.8 Å². The van der Waals surface area contributed by atoms with E-state index in [4.69, 9.17) is 4.74 Å². The minimum Gasteiger partial charge on any atom is -0.507 e. The van der Waals surface area contributed by atoms with Crippen molar-refractivity contribution < 1.29 is 14.6 Å². The van der Waals surface area contributed by atoms with E-state index in [-0.39, 0.29) is 18.1 Å². The first-order chi connectivity index (χ1) is 14.1. The summed E-state index contributed by atoms with van der Waals surface area (Å²) in [5.74, 6) is 0.871. The van der Waals surface area contributed by atoms with Crippen LogP contribution in [0.15, 0.2) is 66.0 Å². The normalized spacial score (nSPS) is 10.8. The van der Waals surface area contributed by atoms with Crippen molar-refractivity contribution in [1.82, 2.24) is 4.98 Å².